The Morgan fingerprint density at radius 1 is 1.38 bits per heavy atom. The predicted octanol–water partition coefficient (Wildman–Crippen LogP) is 2.45. The minimum Gasteiger partial charge on any atom is -0.382 e. The Balaban J connectivity index is 1.91. The molecule has 4 atom stereocenters. The number of nitriles is 1. The maximum atomic E-state index is 13.6. The first-order valence-corrected chi connectivity index (χ1v) is 6.54. The zero-order chi connectivity index (χ0) is 15.4. The number of anilines is 1. The topological polar surface area (TPSA) is 47.3 Å². The van der Waals surface area contributed by atoms with Crippen LogP contribution in [-0.4, -0.2) is 30.0 Å². The predicted molar refractivity (Wildman–Crippen MR) is 65.9 cm³/mol. The summed E-state index contributed by atoms with van der Waals surface area (Å²) in [7, 11) is 0. The highest BCUT2D eigenvalue weighted by Crippen LogP contribution is 2.53. The first-order valence-electron chi connectivity index (χ1n) is 6.54. The summed E-state index contributed by atoms with van der Waals surface area (Å²) in [5, 5.41) is 18.2. The molecule has 1 aliphatic carbocycles. The van der Waals surface area contributed by atoms with Crippen molar-refractivity contribution in [2.24, 2.45) is 11.8 Å². The lowest BCUT2D eigenvalue weighted by Crippen LogP contribution is -2.49. The van der Waals surface area contributed by atoms with Crippen LogP contribution in [0.3, 0.4) is 0 Å². The van der Waals surface area contributed by atoms with E-state index in [-0.39, 0.29) is 23.1 Å². The second-order valence-corrected chi connectivity index (χ2v) is 5.56. The van der Waals surface area contributed by atoms with E-state index >= 15 is 0 Å². The summed E-state index contributed by atoms with van der Waals surface area (Å²) in [6.45, 7) is 0.369. The molecular formula is C14H12F4N2O. The van der Waals surface area contributed by atoms with Crippen molar-refractivity contribution in [3.8, 4) is 6.07 Å². The van der Waals surface area contributed by atoms with Crippen molar-refractivity contribution in [2.75, 3.05) is 11.4 Å². The third kappa shape index (κ3) is 2.33. The van der Waals surface area contributed by atoms with Crippen LogP contribution in [0.5, 0.6) is 0 Å². The molecule has 1 N–H and O–H groups in total. The van der Waals surface area contributed by atoms with Crippen LogP contribution in [0.1, 0.15) is 12.0 Å². The van der Waals surface area contributed by atoms with Gasteiger partial charge in [-0.25, -0.2) is 4.39 Å². The minimum absolute atomic E-state index is 0.116. The summed E-state index contributed by atoms with van der Waals surface area (Å²) in [4.78, 5) is 1.40. The van der Waals surface area contributed by atoms with Crippen LogP contribution in [0, 0.1) is 29.0 Å². The number of alkyl halides is 3. The molecule has 1 saturated carbocycles. The van der Waals surface area contributed by atoms with Crippen LogP contribution in [0.2, 0.25) is 0 Å². The highest BCUT2D eigenvalue weighted by Gasteiger charge is 2.60. The number of benzene rings is 1. The highest BCUT2D eigenvalue weighted by atomic mass is 19.4. The van der Waals surface area contributed by atoms with Gasteiger partial charge < -0.3 is 10.0 Å². The van der Waals surface area contributed by atoms with Crippen LogP contribution < -0.4 is 4.90 Å². The number of aliphatic hydroxyl groups is 1. The average Bonchev–Trinajstić information content (AvgIpc) is 3.08. The molecule has 21 heavy (non-hydrogen) atoms. The van der Waals surface area contributed by atoms with Gasteiger partial charge in [0.25, 0.3) is 0 Å². The maximum Gasteiger partial charge on any atom is 0.416 e. The highest BCUT2D eigenvalue weighted by molar-refractivity contribution is 5.54. The number of aliphatic hydroxyl groups excluding tert-OH is 1. The van der Waals surface area contributed by atoms with Crippen LogP contribution in [0.25, 0.3) is 0 Å². The molecule has 0 amide bonds. The first-order chi connectivity index (χ1) is 9.82. The lowest BCUT2D eigenvalue weighted by atomic mass is 10.0. The Morgan fingerprint density at radius 3 is 2.67 bits per heavy atom. The fraction of sp³-hybridized carbons (Fsp3) is 0.500. The first kappa shape index (κ1) is 14.1. The largest absolute Gasteiger partial charge is 0.416 e. The maximum absolute atomic E-state index is 13.6. The fourth-order valence-electron chi connectivity index (χ4n) is 3.15. The zero-order valence-corrected chi connectivity index (χ0v) is 10.8. The monoisotopic (exact) mass is 300 g/mol. The molecule has 1 aromatic rings. The van der Waals surface area contributed by atoms with E-state index < -0.39 is 24.1 Å². The number of rotatable bonds is 2. The summed E-state index contributed by atoms with van der Waals surface area (Å²) in [5.41, 5.74) is 0.114. The lowest BCUT2D eigenvalue weighted by molar-refractivity contribution is -0.210. The Hall–Kier alpha value is -1.81. The second-order valence-electron chi connectivity index (χ2n) is 5.56. The SMILES string of the molecule is N#Cc1ccc(N2C[C@@H]3CC3[C@@H]2[C@H](O)C(F)(F)F)cc1F. The van der Waals surface area contributed by atoms with Crippen molar-refractivity contribution in [3.63, 3.8) is 0 Å². The standard InChI is InChI=1S/C14H12F4N2O/c15-11-4-9(2-1-7(11)5-19)20-6-8-3-10(8)12(20)13(21)14(16,17)18/h1-2,4,8,10,12-13,21H,3,6H2/t8-,10?,12+,13-/m0/s1. The summed E-state index contributed by atoms with van der Waals surface area (Å²) < 4.78 is 52.0. The zero-order valence-electron chi connectivity index (χ0n) is 10.8. The molecule has 1 heterocycles. The Labute approximate surface area is 118 Å². The van der Waals surface area contributed by atoms with Crippen molar-refractivity contribution < 1.29 is 22.7 Å². The lowest BCUT2D eigenvalue weighted by Gasteiger charge is -2.33. The van der Waals surface area contributed by atoms with Gasteiger partial charge in [-0.3, -0.25) is 0 Å². The Morgan fingerprint density at radius 2 is 2.10 bits per heavy atom. The van der Waals surface area contributed by atoms with E-state index in [0.717, 1.165) is 6.07 Å². The molecule has 1 aliphatic heterocycles. The number of hydrogen-bond donors (Lipinski definition) is 1. The molecule has 0 radical (unpaired) electrons. The molecule has 2 fully saturated rings. The van der Waals surface area contributed by atoms with Gasteiger partial charge in [0.05, 0.1) is 11.6 Å². The summed E-state index contributed by atoms with van der Waals surface area (Å²) in [6.07, 6.45) is -6.49. The number of fused-ring (bicyclic) bond motifs is 1. The van der Waals surface area contributed by atoms with Crippen molar-refractivity contribution in [3.05, 3.63) is 29.6 Å². The third-order valence-corrected chi connectivity index (χ3v) is 4.27. The van der Waals surface area contributed by atoms with E-state index in [1.54, 1.807) is 6.07 Å². The summed E-state index contributed by atoms with van der Waals surface area (Å²) in [5.74, 6) is -0.859. The third-order valence-electron chi connectivity index (χ3n) is 4.27. The minimum atomic E-state index is -4.70. The van der Waals surface area contributed by atoms with Crippen LogP contribution in [-0.2, 0) is 0 Å². The molecule has 1 aromatic carbocycles. The van der Waals surface area contributed by atoms with Crippen LogP contribution in [0.15, 0.2) is 18.2 Å². The normalized spacial score (nSPS) is 29.0. The van der Waals surface area contributed by atoms with Gasteiger partial charge in [-0.2, -0.15) is 18.4 Å². The van der Waals surface area contributed by atoms with Gasteiger partial charge in [0.1, 0.15) is 11.9 Å². The van der Waals surface area contributed by atoms with Crippen LogP contribution in [0.4, 0.5) is 23.2 Å². The van der Waals surface area contributed by atoms with Crippen molar-refractivity contribution in [1.29, 1.82) is 5.26 Å². The smallest absolute Gasteiger partial charge is 0.382 e. The van der Waals surface area contributed by atoms with Gasteiger partial charge >= 0.3 is 6.18 Å². The number of piperidine rings is 1. The van der Waals surface area contributed by atoms with Crippen molar-refractivity contribution in [1.82, 2.24) is 0 Å². The quantitative estimate of drug-likeness (QED) is 0.853. The average molecular weight is 300 g/mol. The molecule has 7 heteroatoms. The Kier molecular flexibility index (Phi) is 3.10. The van der Waals surface area contributed by atoms with Crippen molar-refractivity contribution in [2.45, 2.75) is 24.7 Å². The van der Waals surface area contributed by atoms with E-state index in [2.05, 4.69) is 0 Å². The molecule has 2 aliphatic rings. The molecule has 3 rings (SSSR count). The van der Waals surface area contributed by atoms with E-state index in [4.69, 9.17) is 5.26 Å². The van der Waals surface area contributed by atoms with Gasteiger partial charge in [-0.1, -0.05) is 0 Å². The Bertz CT molecular complexity index is 610. The molecule has 1 unspecified atom stereocenters. The van der Waals surface area contributed by atoms with E-state index in [1.807, 2.05) is 0 Å². The molecule has 0 bridgehead atoms. The van der Waals surface area contributed by atoms with Gasteiger partial charge in [-0.15, -0.1) is 0 Å². The fourth-order valence-corrected chi connectivity index (χ4v) is 3.15. The summed E-state index contributed by atoms with van der Waals surface area (Å²) in [6, 6.07) is 4.30. The van der Waals surface area contributed by atoms with Crippen LogP contribution >= 0.6 is 0 Å². The summed E-state index contributed by atoms with van der Waals surface area (Å²) >= 11 is 0. The van der Waals surface area contributed by atoms with Crippen molar-refractivity contribution >= 4 is 5.69 Å². The van der Waals surface area contributed by atoms with E-state index in [0.29, 0.717) is 13.0 Å². The van der Waals surface area contributed by atoms with E-state index in [1.165, 1.54) is 17.0 Å². The van der Waals surface area contributed by atoms with E-state index in [9.17, 15) is 22.7 Å². The molecule has 112 valence electrons. The van der Waals surface area contributed by atoms with Gasteiger partial charge in [0, 0.05) is 12.2 Å². The van der Waals surface area contributed by atoms with Gasteiger partial charge in [0.15, 0.2) is 6.10 Å². The molecular weight excluding hydrogens is 288 g/mol. The molecule has 0 spiro atoms. The second kappa shape index (κ2) is 4.60. The number of hydrogen-bond acceptors (Lipinski definition) is 3. The van der Waals surface area contributed by atoms with Gasteiger partial charge in [0.2, 0.25) is 0 Å². The number of halogens is 4. The molecule has 3 nitrogen and oxygen atoms in total. The molecule has 1 saturated heterocycles. The molecule has 0 aromatic heterocycles. The van der Waals surface area contributed by atoms with Gasteiger partial charge in [-0.05, 0) is 36.5 Å². The number of nitrogens with zero attached hydrogens (tertiary/aromatic N) is 2.